The smallest absolute Gasteiger partial charge is 0.0921 e. The van der Waals surface area contributed by atoms with Gasteiger partial charge in [0.1, 0.15) is 0 Å². The highest BCUT2D eigenvalue weighted by Gasteiger charge is 2.86. The molecule has 1 saturated carbocycles. The van der Waals surface area contributed by atoms with Crippen LogP contribution in [0.3, 0.4) is 0 Å². The second kappa shape index (κ2) is 5.98. The predicted octanol–water partition coefficient (Wildman–Crippen LogP) is 6.83. The van der Waals surface area contributed by atoms with Gasteiger partial charge in [-0.15, -0.1) is 0 Å². The molecule has 4 aromatic rings. The first-order chi connectivity index (χ1) is 17.8. The van der Waals surface area contributed by atoms with Crippen molar-refractivity contribution in [1.82, 2.24) is 0 Å². The van der Waals surface area contributed by atoms with E-state index >= 15 is 0 Å². The monoisotopic (exact) mass is 458 g/mol. The molecule has 0 radical (unpaired) electrons. The van der Waals surface area contributed by atoms with Gasteiger partial charge in [-0.2, -0.15) is 10.5 Å². The van der Waals surface area contributed by atoms with E-state index in [1.54, 1.807) is 0 Å². The first-order valence-electron chi connectivity index (χ1n) is 13.0. The maximum absolute atomic E-state index is 11.3. The van der Waals surface area contributed by atoms with Gasteiger partial charge in [0, 0.05) is 23.7 Å². The molecule has 4 atom stereocenters. The van der Waals surface area contributed by atoms with Crippen molar-refractivity contribution in [1.29, 1.82) is 10.5 Å². The van der Waals surface area contributed by atoms with Gasteiger partial charge in [-0.3, -0.25) is 0 Å². The Labute approximate surface area is 210 Å². The highest BCUT2D eigenvalue weighted by Crippen LogP contribution is 2.88. The van der Waals surface area contributed by atoms with Crippen molar-refractivity contribution in [3.63, 3.8) is 0 Å². The van der Waals surface area contributed by atoms with E-state index in [1.807, 2.05) is 0 Å². The van der Waals surface area contributed by atoms with E-state index in [4.69, 9.17) is 0 Å². The number of hydrogen-bond donors (Lipinski definition) is 0. The molecule has 4 bridgehead atoms. The van der Waals surface area contributed by atoms with Crippen LogP contribution < -0.4 is 0 Å². The first kappa shape index (κ1) is 19.1. The van der Waals surface area contributed by atoms with E-state index in [0.29, 0.717) is 0 Å². The fourth-order valence-electron chi connectivity index (χ4n) is 9.94. The fraction of sp³-hybridized carbons (Fsp3) is 0.235. The van der Waals surface area contributed by atoms with E-state index in [9.17, 15) is 10.5 Å². The minimum absolute atomic E-state index is 0.0838. The van der Waals surface area contributed by atoms with Crippen LogP contribution in [0.25, 0.3) is 0 Å². The Morgan fingerprint density at radius 2 is 0.667 bits per heavy atom. The van der Waals surface area contributed by atoms with Crippen molar-refractivity contribution in [3.05, 3.63) is 142 Å². The molecule has 0 aliphatic heterocycles. The Morgan fingerprint density at radius 1 is 0.417 bits per heavy atom. The molecule has 0 aromatic heterocycles. The van der Waals surface area contributed by atoms with Crippen molar-refractivity contribution < 1.29 is 0 Å². The van der Waals surface area contributed by atoms with Gasteiger partial charge in [0.15, 0.2) is 0 Å². The molecule has 0 heterocycles. The maximum atomic E-state index is 11.3. The normalized spacial score (nSPS) is 36.5. The first-order valence-corrected chi connectivity index (χ1v) is 13.0. The number of nitrogens with zero attached hydrogens (tertiary/aromatic N) is 2. The average molecular weight is 459 g/mol. The van der Waals surface area contributed by atoms with Crippen molar-refractivity contribution in [2.24, 2.45) is 22.7 Å². The lowest BCUT2D eigenvalue weighted by molar-refractivity contribution is -0.193. The van der Waals surface area contributed by atoms with Crippen molar-refractivity contribution in [2.45, 2.75) is 23.7 Å². The van der Waals surface area contributed by atoms with Gasteiger partial charge in [-0.05, 0) is 56.3 Å². The molecule has 168 valence electrons. The fourth-order valence-corrected chi connectivity index (χ4v) is 9.94. The molecular formula is C34H22N2. The third-order valence-corrected chi connectivity index (χ3v) is 10.7. The van der Waals surface area contributed by atoms with E-state index < -0.39 is 10.8 Å². The molecule has 2 heteroatoms. The zero-order valence-corrected chi connectivity index (χ0v) is 19.6. The molecule has 2 nitrogen and oxygen atoms in total. The van der Waals surface area contributed by atoms with Crippen LogP contribution in [0.2, 0.25) is 0 Å². The van der Waals surface area contributed by atoms with Gasteiger partial charge >= 0.3 is 0 Å². The van der Waals surface area contributed by atoms with Crippen LogP contribution in [-0.4, -0.2) is 0 Å². The zero-order valence-electron chi connectivity index (χ0n) is 19.6. The molecular weight excluding hydrogens is 436 g/mol. The summed E-state index contributed by atoms with van der Waals surface area (Å²) < 4.78 is 0. The van der Waals surface area contributed by atoms with Gasteiger partial charge < -0.3 is 0 Å². The van der Waals surface area contributed by atoms with Crippen LogP contribution in [0.1, 0.15) is 68.2 Å². The third-order valence-electron chi connectivity index (χ3n) is 10.7. The van der Waals surface area contributed by atoms with E-state index in [2.05, 4.69) is 109 Å². The van der Waals surface area contributed by atoms with Crippen LogP contribution in [0.15, 0.2) is 97.1 Å². The number of hydrogen-bond acceptors (Lipinski definition) is 2. The SMILES string of the molecule is N#C[C@@]12C3c4ccccc4C(c4ccccc43)[C@@H]1[C@H]1C3c4ccccc4C(c4ccccc43)[C@]12C#N. The summed E-state index contributed by atoms with van der Waals surface area (Å²) in [6, 6.07) is 40.9. The highest BCUT2D eigenvalue weighted by atomic mass is 14.9. The minimum atomic E-state index is -0.760. The minimum Gasteiger partial charge on any atom is -0.198 e. The standard InChI is InChI=1S/C34H22N2/c35-17-33-29-23-13-5-1-9-19(23)27(20-10-2-6-14-24(20)29)31(33)32-28-21-11-3-7-15-25(21)30(34(32,33)18-36)26-16-8-4-12-22(26)28/h1-16,27-32H/t27?,28?,29?,30?,31-,32-,33-,34-/m1/s1. The van der Waals surface area contributed by atoms with Gasteiger partial charge in [-0.1, -0.05) is 97.1 Å². The van der Waals surface area contributed by atoms with Gasteiger partial charge in [0.05, 0.1) is 23.0 Å². The molecule has 7 aliphatic carbocycles. The Balaban J connectivity index is 1.44. The lowest BCUT2D eigenvalue weighted by Gasteiger charge is -2.78. The highest BCUT2D eigenvalue weighted by molar-refractivity contribution is 5.70. The summed E-state index contributed by atoms with van der Waals surface area (Å²) in [6.07, 6.45) is 0. The molecule has 0 unspecified atom stereocenters. The van der Waals surface area contributed by atoms with Gasteiger partial charge in [-0.25, -0.2) is 0 Å². The van der Waals surface area contributed by atoms with Crippen LogP contribution in [0.5, 0.6) is 0 Å². The summed E-state index contributed by atoms with van der Waals surface area (Å²) in [6.45, 7) is 0. The number of nitriles is 2. The van der Waals surface area contributed by atoms with E-state index in [0.717, 1.165) is 0 Å². The molecule has 0 N–H and O–H groups in total. The van der Waals surface area contributed by atoms with Gasteiger partial charge in [0.2, 0.25) is 0 Å². The quantitative estimate of drug-likeness (QED) is 0.290. The maximum Gasteiger partial charge on any atom is 0.0921 e. The average Bonchev–Trinajstić information content (AvgIpc) is 2.94. The topological polar surface area (TPSA) is 47.6 Å². The second-order valence-electron chi connectivity index (χ2n) is 11.4. The summed E-state index contributed by atoms with van der Waals surface area (Å²) >= 11 is 0. The summed E-state index contributed by atoms with van der Waals surface area (Å²) in [5.41, 5.74) is 8.99. The lowest BCUT2D eigenvalue weighted by atomic mass is 9.21. The zero-order chi connectivity index (χ0) is 23.8. The Kier molecular flexibility index (Phi) is 3.17. The molecule has 4 aromatic carbocycles. The summed E-state index contributed by atoms with van der Waals surface area (Å²) in [7, 11) is 0. The van der Waals surface area contributed by atoms with Crippen molar-refractivity contribution >= 4 is 0 Å². The molecule has 0 spiro atoms. The number of rotatable bonds is 0. The van der Waals surface area contributed by atoms with Crippen LogP contribution in [-0.2, 0) is 0 Å². The molecule has 7 aliphatic rings. The van der Waals surface area contributed by atoms with Gasteiger partial charge in [0.25, 0.3) is 0 Å². The summed E-state index contributed by atoms with van der Waals surface area (Å²) in [5, 5.41) is 22.6. The van der Waals surface area contributed by atoms with Crippen molar-refractivity contribution in [3.8, 4) is 12.1 Å². The molecule has 11 rings (SSSR count). The Morgan fingerprint density at radius 3 is 0.917 bits per heavy atom. The lowest BCUT2D eigenvalue weighted by Crippen LogP contribution is -2.76. The summed E-state index contributed by atoms with van der Waals surface area (Å²) in [5.74, 6) is 0.357. The van der Waals surface area contributed by atoms with Crippen LogP contribution in [0.4, 0.5) is 0 Å². The summed E-state index contributed by atoms with van der Waals surface area (Å²) in [4.78, 5) is 0. The molecule has 0 saturated heterocycles. The second-order valence-corrected chi connectivity index (χ2v) is 11.4. The number of benzene rings is 4. The Hall–Kier alpha value is -4.14. The largest absolute Gasteiger partial charge is 0.198 e. The van der Waals surface area contributed by atoms with E-state index in [-0.39, 0.29) is 35.5 Å². The Bertz CT molecular complexity index is 1510. The van der Waals surface area contributed by atoms with Crippen LogP contribution >= 0.6 is 0 Å². The molecule has 0 amide bonds. The third kappa shape index (κ3) is 1.65. The predicted molar refractivity (Wildman–Crippen MR) is 136 cm³/mol. The molecule has 1 fully saturated rings. The molecule has 36 heavy (non-hydrogen) atoms. The van der Waals surface area contributed by atoms with Crippen molar-refractivity contribution in [2.75, 3.05) is 0 Å². The van der Waals surface area contributed by atoms with E-state index in [1.165, 1.54) is 44.5 Å². The van der Waals surface area contributed by atoms with Crippen LogP contribution in [0, 0.1) is 45.3 Å².